The average molecular weight is 426 g/mol. The molecule has 0 radical (unpaired) electrons. The molecule has 1 aliphatic heterocycles. The Morgan fingerprint density at radius 2 is 2.06 bits per heavy atom. The number of halogens is 1. The summed E-state index contributed by atoms with van der Waals surface area (Å²) in [6.45, 7) is 3.56. The van der Waals surface area contributed by atoms with Crippen molar-refractivity contribution >= 4 is 17.2 Å². The van der Waals surface area contributed by atoms with Crippen LogP contribution in [0.5, 0.6) is 11.5 Å². The van der Waals surface area contributed by atoms with Gasteiger partial charge in [0.05, 0.1) is 13.7 Å². The lowest BCUT2D eigenvalue weighted by Crippen LogP contribution is -2.34. The van der Waals surface area contributed by atoms with E-state index in [9.17, 15) is 9.18 Å². The highest BCUT2D eigenvalue weighted by Crippen LogP contribution is 2.33. The summed E-state index contributed by atoms with van der Waals surface area (Å²) in [6, 6.07) is 10.2. The molecule has 0 unspecified atom stereocenters. The van der Waals surface area contributed by atoms with Crippen molar-refractivity contribution in [2.45, 2.75) is 31.6 Å². The highest BCUT2D eigenvalue weighted by molar-refractivity contribution is 5.80. The molecule has 0 saturated carbocycles. The number of methoxy groups -OCH3 is 1. The number of likely N-dealkylation sites (tertiary alicyclic amines) is 1. The van der Waals surface area contributed by atoms with Gasteiger partial charge in [-0.05, 0) is 50.6 Å². The molecule has 0 atom stereocenters. The predicted octanol–water partition coefficient (Wildman–Crippen LogP) is 4.37. The van der Waals surface area contributed by atoms with Gasteiger partial charge in [-0.25, -0.2) is 4.39 Å². The Morgan fingerprint density at radius 1 is 1.23 bits per heavy atom. The van der Waals surface area contributed by atoms with E-state index in [1.807, 2.05) is 18.2 Å². The van der Waals surface area contributed by atoms with E-state index >= 15 is 0 Å². The minimum absolute atomic E-state index is 0.292. The van der Waals surface area contributed by atoms with Crippen LogP contribution in [0.3, 0.4) is 0 Å². The molecule has 0 bridgehead atoms. The fraction of sp³-hybridized carbons (Fsp3) is 0.417. The summed E-state index contributed by atoms with van der Waals surface area (Å²) in [7, 11) is 1.59. The zero-order chi connectivity index (χ0) is 21.6. The van der Waals surface area contributed by atoms with E-state index in [4.69, 9.17) is 14.0 Å². The van der Waals surface area contributed by atoms with Crippen molar-refractivity contribution in [2.75, 3.05) is 33.4 Å². The van der Waals surface area contributed by atoms with Gasteiger partial charge in [0.2, 0.25) is 0 Å². The number of nitrogens with zero attached hydrogens (tertiary/aromatic N) is 2. The fourth-order valence-corrected chi connectivity index (χ4v) is 4.20. The third-order valence-corrected chi connectivity index (χ3v) is 5.88. The van der Waals surface area contributed by atoms with E-state index < -0.39 is 0 Å². The summed E-state index contributed by atoms with van der Waals surface area (Å²) >= 11 is 0. The molecule has 2 aromatic carbocycles. The van der Waals surface area contributed by atoms with Gasteiger partial charge in [0.25, 0.3) is 0 Å². The van der Waals surface area contributed by atoms with E-state index in [1.165, 1.54) is 12.1 Å². The smallest absolute Gasteiger partial charge is 0.147 e. The summed E-state index contributed by atoms with van der Waals surface area (Å²) in [6.07, 6.45) is 4.12. The van der Waals surface area contributed by atoms with E-state index in [-0.39, 0.29) is 5.82 Å². The lowest BCUT2D eigenvalue weighted by Gasteiger charge is -2.30. The van der Waals surface area contributed by atoms with Crippen molar-refractivity contribution in [1.29, 1.82) is 0 Å². The van der Waals surface area contributed by atoms with E-state index in [0.717, 1.165) is 67.6 Å². The second kappa shape index (κ2) is 9.92. The van der Waals surface area contributed by atoms with Crippen LogP contribution in [0.4, 0.5) is 4.39 Å². The predicted molar refractivity (Wildman–Crippen MR) is 115 cm³/mol. The van der Waals surface area contributed by atoms with E-state index in [2.05, 4.69) is 10.1 Å². The zero-order valence-electron chi connectivity index (χ0n) is 17.7. The maximum atomic E-state index is 13.4. The van der Waals surface area contributed by atoms with Crippen LogP contribution in [-0.4, -0.2) is 49.7 Å². The molecule has 7 heteroatoms. The van der Waals surface area contributed by atoms with Crippen LogP contribution in [0.25, 0.3) is 10.9 Å². The number of hydrogen-bond donors (Lipinski definition) is 0. The number of aromatic nitrogens is 1. The summed E-state index contributed by atoms with van der Waals surface area (Å²) in [5, 5.41) is 4.94. The van der Waals surface area contributed by atoms with Crippen LogP contribution >= 0.6 is 0 Å². The van der Waals surface area contributed by atoms with Gasteiger partial charge in [-0.2, -0.15) is 0 Å². The van der Waals surface area contributed by atoms with Crippen molar-refractivity contribution in [3.63, 3.8) is 0 Å². The number of hydrogen-bond acceptors (Lipinski definition) is 6. The molecule has 1 fully saturated rings. The molecule has 4 rings (SSSR count). The Kier molecular flexibility index (Phi) is 6.82. The molecule has 1 saturated heterocycles. The number of carbonyl (C=O) groups excluding carboxylic acids is 1. The van der Waals surface area contributed by atoms with Crippen LogP contribution in [0.2, 0.25) is 0 Å². The van der Waals surface area contributed by atoms with Crippen molar-refractivity contribution in [3.05, 3.63) is 53.5 Å². The molecule has 2 heterocycles. The molecule has 0 N–H and O–H groups in total. The number of aldehydes is 1. The summed E-state index contributed by atoms with van der Waals surface area (Å²) in [4.78, 5) is 13.2. The monoisotopic (exact) mass is 426 g/mol. The van der Waals surface area contributed by atoms with Crippen molar-refractivity contribution in [1.82, 2.24) is 10.1 Å². The van der Waals surface area contributed by atoms with Gasteiger partial charge in [-0.15, -0.1) is 0 Å². The minimum Gasteiger partial charge on any atom is -0.496 e. The first-order valence-corrected chi connectivity index (χ1v) is 10.7. The highest BCUT2D eigenvalue weighted by Gasteiger charge is 2.25. The van der Waals surface area contributed by atoms with Gasteiger partial charge in [0.1, 0.15) is 34.9 Å². The van der Waals surface area contributed by atoms with Crippen molar-refractivity contribution < 1.29 is 23.2 Å². The second-order valence-corrected chi connectivity index (χ2v) is 7.87. The Morgan fingerprint density at radius 3 is 2.84 bits per heavy atom. The second-order valence-electron chi connectivity index (χ2n) is 7.87. The first-order valence-electron chi connectivity index (χ1n) is 10.7. The SMILES string of the molecule is COc1cc(OCCCN2CCC(c3onc4cc(F)ccc34)CC2)ccc1CC=O. The molecule has 1 aliphatic rings. The Labute approximate surface area is 180 Å². The molecule has 3 aromatic rings. The molecule has 0 spiro atoms. The van der Waals surface area contributed by atoms with Gasteiger partial charge < -0.3 is 23.7 Å². The van der Waals surface area contributed by atoms with Crippen LogP contribution in [-0.2, 0) is 11.2 Å². The lowest BCUT2D eigenvalue weighted by molar-refractivity contribution is -0.107. The topological polar surface area (TPSA) is 64.8 Å². The maximum absolute atomic E-state index is 13.4. The van der Waals surface area contributed by atoms with E-state index in [1.54, 1.807) is 13.2 Å². The summed E-state index contributed by atoms with van der Waals surface area (Å²) in [5.41, 5.74) is 1.45. The molecule has 0 aliphatic carbocycles. The average Bonchev–Trinajstić information content (AvgIpc) is 3.21. The number of ether oxygens (including phenoxy) is 2. The summed E-state index contributed by atoms with van der Waals surface area (Å²) < 4.78 is 30.1. The minimum atomic E-state index is -0.292. The van der Waals surface area contributed by atoms with Gasteiger partial charge in [0, 0.05) is 42.0 Å². The largest absolute Gasteiger partial charge is 0.496 e. The Hall–Kier alpha value is -2.93. The van der Waals surface area contributed by atoms with Gasteiger partial charge in [-0.1, -0.05) is 11.2 Å². The molecule has 1 aromatic heterocycles. The quantitative estimate of drug-likeness (QED) is 0.374. The van der Waals surface area contributed by atoms with Gasteiger partial charge in [0.15, 0.2) is 0 Å². The van der Waals surface area contributed by atoms with Crippen LogP contribution in [0.1, 0.15) is 36.5 Å². The number of rotatable bonds is 9. The third-order valence-electron chi connectivity index (χ3n) is 5.88. The summed E-state index contributed by atoms with van der Waals surface area (Å²) in [5.74, 6) is 2.33. The molecule has 164 valence electrons. The normalized spacial score (nSPS) is 15.3. The highest BCUT2D eigenvalue weighted by atomic mass is 19.1. The lowest BCUT2D eigenvalue weighted by atomic mass is 9.92. The van der Waals surface area contributed by atoms with Crippen LogP contribution in [0.15, 0.2) is 40.9 Å². The van der Waals surface area contributed by atoms with Crippen molar-refractivity contribution in [2.24, 2.45) is 0 Å². The standard InChI is InChI=1S/C24H27FN2O4/c1-29-23-16-20(5-3-17(23)9-13-28)30-14-2-10-27-11-7-18(8-12-27)24-21-6-4-19(25)15-22(21)26-31-24/h3-6,13,15-16,18H,2,7-12,14H2,1H3. The number of fused-ring (bicyclic) bond motifs is 1. The Bertz CT molecular complexity index is 1030. The van der Waals surface area contributed by atoms with Gasteiger partial charge in [-0.3, -0.25) is 0 Å². The first kappa shape index (κ1) is 21.3. The van der Waals surface area contributed by atoms with Crippen LogP contribution < -0.4 is 9.47 Å². The number of carbonyl (C=O) groups is 1. The Balaban J connectivity index is 1.22. The van der Waals surface area contributed by atoms with Crippen LogP contribution in [0, 0.1) is 5.82 Å². The van der Waals surface area contributed by atoms with E-state index in [0.29, 0.717) is 30.2 Å². The molecular formula is C24H27FN2O4. The van der Waals surface area contributed by atoms with Gasteiger partial charge >= 0.3 is 0 Å². The zero-order valence-corrected chi connectivity index (χ0v) is 17.7. The molecule has 31 heavy (non-hydrogen) atoms. The molecule has 6 nitrogen and oxygen atoms in total. The maximum Gasteiger partial charge on any atom is 0.147 e. The molecular weight excluding hydrogens is 399 g/mol. The van der Waals surface area contributed by atoms with Crippen molar-refractivity contribution in [3.8, 4) is 11.5 Å². The third kappa shape index (κ3) is 5.05. The molecule has 0 amide bonds. The number of benzene rings is 2. The fourth-order valence-electron chi connectivity index (χ4n) is 4.20. The first-order chi connectivity index (χ1) is 15.2. The number of piperidine rings is 1.